The summed E-state index contributed by atoms with van der Waals surface area (Å²) in [5.74, 6) is 0.127. The molecule has 2 saturated heterocycles. The number of piperidine rings is 1. The standard InChI is InChI=1S/C41H49N7O5/c1-26-24-45(20-21-46(26)30-11-7-28(8-12-30)33-15-16-38(49)43-39(33)50)19-17-27-5-9-32(10-6-27)48-25-29-22-34(37(53-2)23-36(29)44-48)40(51)42-35-4-3-18-47(41(35)52)31-13-14-31/h3-4,7-8,11-12,18,22-23,25-27,31-33H,5-6,9-10,13-17,19-21,24H2,1-2H3,(H,42,51)(H,43,49,50)/t26-,27?,32?,33?/m1/s1. The minimum absolute atomic E-state index is 0.182. The molecule has 2 aromatic carbocycles. The van der Waals surface area contributed by atoms with Gasteiger partial charge in [-0.05, 0) is 107 Å². The van der Waals surface area contributed by atoms with Crippen LogP contribution in [0.2, 0.25) is 0 Å². The van der Waals surface area contributed by atoms with Crippen LogP contribution >= 0.6 is 0 Å². The lowest BCUT2D eigenvalue weighted by molar-refractivity contribution is -0.134. The highest BCUT2D eigenvalue weighted by molar-refractivity contribution is 6.08. The van der Waals surface area contributed by atoms with Gasteiger partial charge in [-0.3, -0.25) is 34.1 Å². The molecule has 8 rings (SSSR count). The smallest absolute Gasteiger partial charge is 0.274 e. The van der Waals surface area contributed by atoms with Crippen molar-refractivity contribution < 1.29 is 19.1 Å². The largest absolute Gasteiger partial charge is 0.496 e. The Labute approximate surface area is 309 Å². The Balaban J connectivity index is 0.825. The number of methoxy groups -OCH3 is 1. The van der Waals surface area contributed by atoms with Crippen molar-refractivity contribution in [2.24, 2.45) is 5.92 Å². The molecule has 1 unspecified atom stereocenters. The zero-order valence-electron chi connectivity index (χ0n) is 30.6. The van der Waals surface area contributed by atoms with E-state index >= 15 is 0 Å². The average molecular weight is 720 g/mol. The topological polar surface area (TPSA) is 131 Å². The summed E-state index contributed by atoms with van der Waals surface area (Å²) in [6.45, 7) is 6.42. The molecule has 0 spiro atoms. The number of imide groups is 1. The van der Waals surface area contributed by atoms with Crippen LogP contribution in [0.15, 0.2) is 65.7 Å². The van der Waals surface area contributed by atoms with Crippen molar-refractivity contribution in [3.05, 3.63) is 82.4 Å². The van der Waals surface area contributed by atoms with Crippen molar-refractivity contribution in [3.63, 3.8) is 0 Å². The third-order valence-electron chi connectivity index (χ3n) is 11.9. The first-order chi connectivity index (χ1) is 25.7. The zero-order chi connectivity index (χ0) is 36.6. The van der Waals surface area contributed by atoms with E-state index in [1.807, 2.05) is 30.5 Å². The van der Waals surface area contributed by atoms with Crippen LogP contribution in [0.1, 0.15) is 98.6 Å². The molecule has 3 amide bonds. The predicted octanol–water partition coefficient (Wildman–Crippen LogP) is 5.65. The third kappa shape index (κ3) is 7.46. The van der Waals surface area contributed by atoms with E-state index in [-0.39, 0.29) is 40.9 Å². The maximum atomic E-state index is 13.4. The summed E-state index contributed by atoms with van der Waals surface area (Å²) < 4.78 is 9.38. The molecule has 12 nitrogen and oxygen atoms in total. The molecule has 0 radical (unpaired) electrons. The molecule has 4 heterocycles. The lowest BCUT2D eigenvalue weighted by Crippen LogP contribution is -2.52. The lowest BCUT2D eigenvalue weighted by Gasteiger charge is -2.42. The average Bonchev–Trinajstić information content (AvgIpc) is 3.92. The van der Waals surface area contributed by atoms with Crippen LogP contribution in [-0.2, 0) is 9.59 Å². The second-order valence-electron chi connectivity index (χ2n) is 15.4. The molecule has 12 heteroatoms. The van der Waals surface area contributed by atoms with Gasteiger partial charge >= 0.3 is 0 Å². The number of hydrogen-bond acceptors (Lipinski definition) is 8. The highest BCUT2D eigenvalue weighted by atomic mass is 16.5. The summed E-state index contributed by atoms with van der Waals surface area (Å²) in [4.78, 5) is 55.2. The van der Waals surface area contributed by atoms with Crippen LogP contribution in [0.5, 0.6) is 5.75 Å². The Morgan fingerprint density at radius 2 is 1.74 bits per heavy atom. The number of ether oxygens (including phenoxy) is 1. The number of fused-ring (bicyclic) bond motifs is 1. The summed E-state index contributed by atoms with van der Waals surface area (Å²) in [5, 5.41) is 11.1. The van der Waals surface area contributed by atoms with Crippen LogP contribution in [0.4, 0.5) is 11.4 Å². The summed E-state index contributed by atoms with van der Waals surface area (Å²) in [6.07, 6.45) is 12.4. The summed E-state index contributed by atoms with van der Waals surface area (Å²) in [5.41, 5.74) is 3.41. The normalized spacial score (nSPS) is 23.9. The highest BCUT2D eigenvalue weighted by Gasteiger charge is 2.30. The molecule has 0 bridgehead atoms. The van der Waals surface area contributed by atoms with Crippen molar-refractivity contribution in [3.8, 4) is 5.75 Å². The number of anilines is 2. The van der Waals surface area contributed by atoms with Crippen molar-refractivity contribution >= 4 is 40.0 Å². The van der Waals surface area contributed by atoms with E-state index in [4.69, 9.17) is 9.84 Å². The van der Waals surface area contributed by atoms with Crippen LogP contribution in [0.25, 0.3) is 10.9 Å². The van der Waals surface area contributed by atoms with Gasteiger partial charge in [-0.25, -0.2) is 0 Å². The minimum atomic E-state index is -0.376. The van der Waals surface area contributed by atoms with Crippen molar-refractivity contribution in [2.75, 3.05) is 43.5 Å². The third-order valence-corrected chi connectivity index (χ3v) is 11.9. The van der Waals surface area contributed by atoms with E-state index in [0.717, 1.165) is 68.3 Å². The summed E-state index contributed by atoms with van der Waals surface area (Å²) in [7, 11) is 1.55. The predicted molar refractivity (Wildman–Crippen MR) is 204 cm³/mol. The van der Waals surface area contributed by atoms with E-state index in [1.54, 1.807) is 30.0 Å². The van der Waals surface area contributed by atoms with Gasteiger partial charge in [0.15, 0.2) is 0 Å². The Kier molecular flexibility index (Phi) is 9.80. The van der Waals surface area contributed by atoms with Gasteiger partial charge in [-0.15, -0.1) is 0 Å². The molecular formula is C41H49N7O5. The number of aromatic nitrogens is 3. The summed E-state index contributed by atoms with van der Waals surface area (Å²) >= 11 is 0. The monoisotopic (exact) mass is 719 g/mol. The van der Waals surface area contributed by atoms with E-state index in [9.17, 15) is 19.2 Å². The van der Waals surface area contributed by atoms with Gasteiger partial charge in [-0.1, -0.05) is 12.1 Å². The molecule has 53 heavy (non-hydrogen) atoms. The van der Waals surface area contributed by atoms with Gasteiger partial charge in [-0.2, -0.15) is 5.10 Å². The van der Waals surface area contributed by atoms with E-state index in [0.29, 0.717) is 42.2 Å². The number of piperazine rings is 1. The first-order valence-corrected chi connectivity index (χ1v) is 19.3. The van der Waals surface area contributed by atoms with Crippen LogP contribution < -0.4 is 25.8 Å². The molecule has 278 valence electrons. The number of amides is 3. The SMILES string of the molecule is COc1cc2nn(C3CCC(CCN4CCN(c5ccc(C6CCC(=O)NC6=O)cc5)[C@H](C)C4)CC3)cc2cc1C(=O)Nc1cccn(C2CC2)c1=O. The number of pyridine rings is 1. The second-order valence-corrected chi connectivity index (χ2v) is 15.4. The molecule has 2 atom stereocenters. The lowest BCUT2D eigenvalue weighted by atomic mass is 9.84. The van der Waals surface area contributed by atoms with Gasteiger partial charge in [0, 0.05) is 67.7 Å². The van der Waals surface area contributed by atoms with E-state index in [2.05, 4.69) is 44.2 Å². The first kappa shape index (κ1) is 35.1. The fourth-order valence-corrected chi connectivity index (χ4v) is 8.63. The van der Waals surface area contributed by atoms with Crippen LogP contribution in [0, 0.1) is 5.92 Å². The maximum absolute atomic E-state index is 13.4. The second kappa shape index (κ2) is 14.8. The zero-order valence-corrected chi connectivity index (χ0v) is 30.6. The minimum Gasteiger partial charge on any atom is -0.496 e. The molecule has 4 aromatic rings. The Hall–Kier alpha value is -4.97. The quantitative estimate of drug-likeness (QED) is 0.201. The molecule has 2 aliphatic carbocycles. The molecular weight excluding hydrogens is 670 g/mol. The maximum Gasteiger partial charge on any atom is 0.274 e. The number of nitrogens with one attached hydrogen (secondary N) is 2. The van der Waals surface area contributed by atoms with E-state index in [1.165, 1.54) is 24.9 Å². The van der Waals surface area contributed by atoms with Crippen LogP contribution in [-0.4, -0.2) is 76.3 Å². The molecule has 2 N–H and O–H groups in total. The highest BCUT2D eigenvalue weighted by Crippen LogP contribution is 2.36. The Morgan fingerprint density at radius 3 is 2.45 bits per heavy atom. The molecule has 4 fully saturated rings. The van der Waals surface area contributed by atoms with E-state index < -0.39 is 0 Å². The van der Waals surface area contributed by atoms with Crippen molar-refractivity contribution in [2.45, 2.75) is 88.8 Å². The Bertz CT molecular complexity index is 2060. The molecule has 2 saturated carbocycles. The number of hydrogen-bond donors (Lipinski definition) is 2. The van der Waals surface area contributed by atoms with Gasteiger partial charge in [0.05, 0.1) is 30.1 Å². The first-order valence-electron chi connectivity index (χ1n) is 19.3. The number of benzene rings is 2. The van der Waals surface area contributed by atoms with Crippen molar-refractivity contribution in [1.29, 1.82) is 0 Å². The fourth-order valence-electron chi connectivity index (χ4n) is 8.63. The number of carbonyl (C=O) groups excluding carboxylic acids is 3. The molecule has 4 aliphatic rings. The van der Waals surface area contributed by atoms with Crippen LogP contribution in [0.3, 0.4) is 0 Å². The molecule has 2 aliphatic heterocycles. The molecule has 2 aromatic heterocycles. The van der Waals surface area contributed by atoms with Gasteiger partial charge < -0.3 is 19.5 Å². The number of nitrogens with zero attached hydrogens (tertiary/aromatic N) is 5. The summed E-state index contributed by atoms with van der Waals surface area (Å²) in [6, 6.07) is 16.4. The van der Waals surface area contributed by atoms with Crippen molar-refractivity contribution in [1.82, 2.24) is 24.6 Å². The fraction of sp³-hybridized carbons (Fsp3) is 0.488. The number of rotatable bonds is 10. The van der Waals surface area contributed by atoms with Gasteiger partial charge in [0.25, 0.3) is 11.5 Å². The van der Waals surface area contributed by atoms with Gasteiger partial charge in [0.1, 0.15) is 11.4 Å². The van der Waals surface area contributed by atoms with Gasteiger partial charge in [0.2, 0.25) is 11.8 Å². The number of carbonyl (C=O) groups is 3. The Morgan fingerprint density at radius 1 is 0.962 bits per heavy atom.